The van der Waals surface area contributed by atoms with Gasteiger partial charge in [0.1, 0.15) is 5.82 Å². The Labute approximate surface area is 144 Å². The quantitative estimate of drug-likeness (QED) is 0.866. The molecule has 4 nitrogen and oxygen atoms in total. The van der Waals surface area contributed by atoms with E-state index in [1.165, 1.54) is 31.4 Å². The smallest absolute Gasteiger partial charge is 0.123 e. The minimum atomic E-state index is -0.413. The molecule has 0 radical (unpaired) electrons. The first-order chi connectivity index (χ1) is 11.7. The van der Waals surface area contributed by atoms with Crippen LogP contribution in [0, 0.1) is 5.82 Å². The van der Waals surface area contributed by atoms with E-state index in [4.69, 9.17) is 4.74 Å². The van der Waals surface area contributed by atoms with Crippen molar-refractivity contribution in [3.63, 3.8) is 0 Å². The van der Waals surface area contributed by atoms with Gasteiger partial charge in [-0.15, -0.1) is 0 Å². The van der Waals surface area contributed by atoms with E-state index in [0.717, 1.165) is 44.7 Å². The van der Waals surface area contributed by atoms with Crippen molar-refractivity contribution in [3.05, 3.63) is 30.1 Å². The summed E-state index contributed by atoms with van der Waals surface area (Å²) >= 11 is 0. The maximum absolute atomic E-state index is 13.0. The van der Waals surface area contributed by atoms with E-state index in [0.29, 0.717) is 19.3 Å². The Morgan fingerprint density at radius 3 is 2.38 bits per heavy atom. The molecule has 1 aromatic rings. The molecule has 1 aliphatic carbocycles. The van der Waals surface area contributed by atoms with Crippen molar-refractivity contribution < 1.29 is 14.2 Å². The number of hydrogen-bond acceptors (Lipinski definition) is 4. The van der Waals surface area contributed by atoms with E-state index < -0.39 is 6.10 Å². The fourth-order valence-corrected chi connectivity index (χ4v) is 3.67. The van der Waals surface area contributed by atoms with Gasteiger partial charge in [0.2, 0.25) is 0 Å². The molecule has 1 saturated carbocycles. The monoisotopic (exact) mass is 336 g/mol. The molecule has 1 heterocycles. The van der Waals surface area contributed by atoms with Crippen molar-refractivity contribution in [2.24, 2.45) is 0 Å². The zero-order valence-corrected chi connectivity index (χ0v) is 14.4. The summed E-state index contributed by atoms with van der Waals surface area (Å²) in [7, 11) is 0. The minimum Gasteiger partial charge on any atom is -0.389 e. The Morgan fingerprint density at radius 2 is 1.71 bits per heavy atom. The zero-order chi connectivity index (χ0) is 16.8. The SMILES string of the molecule is O[C@H](COC1CCCCC1)CN1CCN(c2ccc(F)cc2)CC1. The second-order valence-electron chi connectivity index (χ2n) is 7.01. The number of rotatable bonds is 6. The maximum atomic E-state index is 13.0. The molecule has 134 valence electrons. The minimum absolute atomic E-state index is 0.196. The van der Waals surface area contributed by atoms with Crippen LogP contribution < -0.4 is 4.90 Å². The van der Waals surface area contributed by atoms with Crippen LogP contribution in [-0.2, 0) is 4.74 Å². The topological polar surface area (TPSA) is 35.9 Å². The number of nitrogens with zero attached hydrogens (tertiary/aromatic N) is 2. The van der Waals surface area contributed by atoms with Gasteiger partial charge >= 0.3 is 0 Å². The molecule has 2 fully saturated rings. The van der Waals surface area contributed by atoms with Gasteiger partial charge in [-0.25, -0.2) is 4.39 Å². The van der Waals surface area contributed by atoms with Gasteiger partial charge < -0.3 is 14.7 Å². The fourth-order valence-electron chi connectivity index (χ4n) is 3.67. The van der Waals surface area contributed by atoms with Crippen LogP contribution in [0.25, 0.3) is 0 Å². The lowest BCUT2D eigenvalue weighted by molar-refractivity contribution is -0.0336. The number of ether oxygens (including phenoxy) is 1. The molecule has 0 unspecified atom stereocenters. The van der Waals surface area contributed by atoms with Gasteiger partial charge in [-0.3, -0.25) is 4.90 Å². The van der Waals surface area contributed by atoms with E-state index >= 15 is 0 Å². The predicted molar refractivity (Wildman–Crippen MR) is 93.9 cm³/mol. The average Bonchev–Trinajstić information content (AvgIpc) is 2.62. The summed E-state index contributed by atoms with van der Waals surface area (Å²) in [4.78, 5) is 4.55. The molecule has 1 atom stereocenters. The molecule has 5 heteroatoms. The Bertz CT molecular complexity index is 483. The molecule has 1 aromatic carbocycles. The van der Waals surface area contributed by atoms with Crippen LogP contribution in [0.2, 0.25) is 0 Å². The van der Waals surface area contributed by atoms with Crippen LogP contribution in [0.5, 0.6) is 0 Å². The van der Waals surface area contributed by atoms with Gasteiger partial charge in [-0.05, 0) is 37.1 Å². The molecule has 0 aromatic heterocycles. The van der Waals surface area contributed by atoms with E-state index in [9.17, 15) is 9.50 Å². The van der Waals surface area contributed by atoms with Gasteiger partial charge in [0.15, 0.2) is 0 Å². The zero-order valence-electron chi connectivity index (χ0n) is 14.4. The molecule has 0 spiro atoms. The van der Waals surface area contributed by atoms with Crippen molar-refractivity contribution in [3.8, 4) is 0 Å². The molecule has 24 heavy (non-hydrogen) atoms. The van der Waals surface area contributed by atoms with Gasteiger partial charge in [0, 0.05) is 38.4 Å². The van der Waals surface area contributed by atoms with Gasteiger partial charge in [0.25, 0.3) is 0 Å². The first-order valence-electron chi connectivity index (χ1n) is 9.23. The fraction of sp³-hybridized carbons (Fsp3) is 0.684. The van der Waals surface area contributed by atoms with E-state index in [1.807, 2.05) is 12.1 Å². The van der Waals surface area contributed by atoms with Crippen molar-refractivity contribution >= 4 is 5.69 Å². The predicted octanol–water partition coefficient (Wildman–Crippen LogP) is 2.66. The number of aliphatic hydroxyl groups is 1. The Morgan fingerprint density at radius 1 is 1.04 bits per heavy atom. The number of benzene rings is 1. The third-order valence-corrected chi connectivity index (χ3v) is 5.11. The van der Waals surface area contributed by atoms with Crippen LogP contribution in [0.1, 0.15) is 32.1 Å². The molecule has 1 N–H and O–H groups in total. The first kappa shape index (κ1) is 17.6. The molecule has 0 bridgehead atoms. The number of β-amino-alcohol motifs (C(OH)–C–C–N with tert-alkyl or cyclic N) is 1. The summed E-state index contributed by atoms with van der Waals surface area (Å²) in [6.45, 7) is 4.76. The maximum Gasteiger partial charge on any atom is 0.123 e. The van der Waals surface area contributed by atoms with Gasteiger partial charge in [0.05, 0.1) is 18.8 Å². The molecule has 1 saturated heterocycles. The summed E-state index contributed by atoms with van der Waals surface area (Å²) in [5.41, 5.74) is 1.07. The Hall–Kier alpha value is -1.17. The summed E-state index contributed by atoms with van der Waals surface area (Å²) in [5.74, 6) is -0.196. The molecule has 1 aliphatic heterocycles. The molecule has 0 amide bonds. The van der Waals surface area contributed by atoms with E-state index in [-0.39, 0.29) is 5.82 Å². The highest BCUT2D eigenvalue weighted by Gasteiger charge is 2.21. The third-order valence-electron chi connectivity index (χ3n) is 5.11. The van der Waals surface area contributed by atoms with Crippen LogP contribution in [0.4, 0.5) is 10.1 Å². The average molecular weight is 336 g/mol. The summed E-state index contributed by atoms with van der Waals surface area (Å²) in [6.07, 6.45) is 6.05. The normalized spacial score (nSPS) is 21.8. The Balaban J connectivity index is 1.36. The lowest BCUT2D eigenvalue weighted by Crippen LogP contribution is -2.49. The van der Waals surface area contributed by atoms with E-state index in [2.05, 4.69) is 9.80 Å². The van der Waals surface area contributed by atoms with Crippen LogP contribution in [0.3, 0.4) is 0 Å². The summed E-state index contributed by atoms with van der Waals surface area (Å²) in [6, 6.07) is 6.68. The Kier molecular flexibility index (Phi) is 6.46. The van der Waals surface area contributed by atoms with Crippen LogP contribution in [0.15, 0.2) is 24.3 Å². The van der Waals surface area contributed by atoms with Gasteiger partial charge in [-0.2, -0.15) is 0 Å². The van der Waals surface area contributed by atoms with Crippen molar-refractivity contribution in [1.29, 1.82) is 0 Å². The van der Waals surface area contributed by atoms with Crippen molar-refractivity contribution in [1.82, 2.24) is 4.90 Å². The number of hydrogen-bond donors (Lipinski definition) is 1. The largest absolute Gasteiger partial charge is 0.389 e. The lowest BCUT2D eigenvalue weighted by Gasteiger charge is -2.37. The molecular weight excluding hydrogens is 307 g/mol. The van der Waals surface area contributed by atoms with Crippen molar-refractivity contribution in [2.75, 3.05) is 44.2 Å². The summed E-state index contributed by atoms with van der Waals surface area (Å²) < 4.78 is 18.9. The van der Waals surface area contributed by atoms with Crippen molar-refractivity contribution in [2.45, 2.75) is 44.3 Å². The highest BCUT2D eigenvalue weighted by molar-refractivity contribution is 5.46. The number of piperazine rings is 1. The highest BCUT2D eigenvalue weighted by Crippen LogP contribution is 2.20. The first-order valence-corrected chi connectivity index (χ1v) is 9.23. The third kappa shape index (κ3) is 5.16. The number of anilines is 1. The molecular formula is C19H29FN2O2. The standard InChI is InChI=1S/C19H29FN2O2/c20-16-6-8-17(9-7-16)22-12-10-21(11-13-22)14-18(23)15-24-19-4-2-1-3-5-19/h6-9,18-19,23H,1-5,10-15H2/t18-/m0/s1. The van der Waals surface area contributed by atoms with E-state index in [1.54, 1.807) is 0 Å². The number of halogens is 1. The lowest BCUT2D eigenvalue weighted by atomic mass is 9.98. The van der Waals surface area contributed by atoms with Crippen LogP contribution >= 0.6 is 0 Å². The van der Waals surface area contributed by atoms with Gasteiger partial charge in [-0.1, -0.05) is 19.3 Å². The molecule has 2 aliphatic rings. The van der Waals surface area contributed by atoms with Crippen LogP contribution in [-0.4, -0.2) is 61.5 Å². The second-order valence-corrected chi connectivity index (χ2v) is 7.01. The second kappa shape index (κ2) is 8.79. The number of aliphatic hydroxyl groups excluding tert-OH is 1. The highest BCUT2D eigenvalue weighted by atomic mass is 19.1. The summed E-state index contributed by atoms with van der Waals surface area (Å²) in [5, 5.41) is 10.2. The molecule has 3 rings (SSSR count).